The summed E-state index contributed by atoms with van der Waals surface area (Å²) in [7, 11) is 1.62. The molecule has 7 rings (SSSR count). The van der Waals surface area contributed by atoms with E-state index in [2.05, 4.69) is 41.9 Å². The van der Waals surface area contributed by atoms with Crippen molar-refractivity contribution in [2.45, 2.75) is 56.7 Å². The second-order valence-corrected chi connectivity index (χ2v) is 13.6. The number of hydrogen-bond donors (Lipinski definition) is 2. The lowest BCUT2D eigenvalue weighted by Gasteiger charge is -2.46. The lowest BCUT2D eigenvalue weighted by molar-refractivity contribution is -0.111. The standard InChI is InChI=1S/C36H44ClFN8O3/c1-3-36(47)42-29-20-30(41-34-22-35(40-23-39-34)46-31(9-16-49-46)24-17-25(37)19-26(38)18-24)33(48-2)21-32(29)45-10-7-28(8-11-45)44-14-12-43(13-15-44)27-5-4-6-27/h3,17-23,27-28,31H,1,4-16H2,2H3,(H,42,47)(H,39,40,41). The minimum absolute atomic E-state index is 0.272. The largest absolute Gasteiger partial charge is 0.494 e. The highest BCUT2D eigenvalue weighted by molar-refractivity contribution is 6.30. The van der Waals surface area contributed by atoms with Gasteiger partial charge in [0.1, 0.15) is 23.7 Å². The molecule has 1 saturated carbocycles. The fraction of sp³-hybridized carbons (Fsp3) is 0.472. The molecule has 260 valence electrons. The summed E-state index contributed by atoms with van der Waals surface area (Å²) in [6, 6.07) is 11.2. The van der Waals surface area contributed by atoms with Gasteiger partial charge in [0.05, 0.1) is 36.8 Å². The van der Waals surface area contributed by atoms with Gasteiger partial charge in [0, 0.05) is 74.9 Å². The number of carbonyl (C=O) groups excluding carboxylic acids is 1. The van der Waals surface area contributed by atoms with E-state index in [0.717, 1.165) is 50.7 Å². The third kappa shape index (κ3) is 7.47. The zero-order chi connectivity index (χ0) is 33.9. The topological polar surface area (TPSA) is 98.3 Å². The number of nitrogens with one attached hydrogen (secondary N) is 2. The molecular formula is C36H44ClFN8O3. The molecule has 1 aromatic heterocycles. The van der Waals surface area contributed by atoms with Gasteiger partial charge in [-0.25, -0.2) is 19.4 Å². The molecule has 3 saturated heterocycles. The van der Waals surface area contributed by atoms with Crippen molar-refractivity contribution in [1.82, 2.24) is 19.8 Å². The summed E-state index contributed by atoms with van der Waals surface area (Å²) in [5.74, 6) is 0.891. The monoisotopic (exact) mass is 690 g/mol. The van der Waals surface area contributed by atoms with Crippen molar-refractivity contribution in [2.75, 3.05) is 73.6 Å². The lowest BCUT2D eigenvalue weighted by Crippen LogP contribution is -2.56. The molecule has 49 heavy (non-hydrogen) atoms. The number of halogens is 2. The molecule has 13 heteroatoms. The van der Waals surface area contributed by atoms with Gasteiger partial charge in [-0.3, -0.25) is 19.4 Å². The number of hydroxylamine groups is 1. The van der Waals surface area contributed by atoms with Crippen LogP contribution >= 0.6 is 11.6 Å². The summed E-state index contributed by atoms with van der Waals surface area (Å²) >= 11 is 6.15. The number of hydrogen-bond acceptors (Lipinski definition) is 10. The summed E-state index contributed by atoms with van der Waals surface area (Å²) in [4.78, 5) is 35.1. The van der Waals surface area contributed by atoms with Crippen LogP contribution in [-0.2, 0) is 9.63 Å². The Labute approximate surface area is 292 Å². The Hall–Kier alpha value is -3.97. The Kier molecular flexibility index (Phi) is 10.2. The van der Waals surface area contributed by atoms with Crippen molar-refractivity contribution in [3.63, 3.8) is 0 Å². The fourth-order valence-corrected chi connectivity index (χ4v) is 7.74. The van der Waals surface area contributed by atoms with Gasteiger partial charge < -0.3 is 20.3 Å². The van der Waals surface area contributed by atoms with Gasteiger partial charge in [0.25, 0.3) is 0 Å². The minimum atomic E-state index is -0.406. The SMILES string of the molecule is C=CC(=O)Nc1cc(Nc2cc(N3OCCC3c3cc(F)cc(Cl)c3)ncn2)c(OC)cc1N1CCC(N2CCN(C3CCC3)CC2)CC1. The molecule has 1 unspecified atom stereocenters. The Morgan fingerprint density at radius 3 is 2.35 bits per heavy atom. The van der Waals surface area contributed by atoms with Crippen LogP contribution < -0.4 is 25.3 Å². The first-order chi connectivity index (χ1) is 23.9. The molecule has 0 bridgehead atoms. The number of ether oxygens (including phenoxy) is 1. The van der Waals surface area contributed by atoms with Gasteiger partial charge in [-0.05, 0) is 61.6 Å². The molecule has 3 aliphatic heterocycles. The number of benzene rings is 2. The van der Waals surface area contributed by atoms with Crippen LogP contribution in [-0.4, -0.2) is 90.7 Å². The van der Waals surface area contributed by atoms with Crippen LogP contribution in [0.2, 0.25) is 5.02 Å². The number of amides is 1. The first kappa shape index (κ1) is 33.5. The molecule has 0 radical (unpaired) electrons. The van der Waals surface area contributed by atoms with E-state index in [1.165, 1.54) is 56.9 Å². The molecule has 1 aliphatic carbocycles. The summed E-state index contributed by atoms with van der Waals surface area (Å²) in [6.07, 6.45) is 9.58. The van der Waals surface area contributed by atoms with Gasteiger partial charge in [-0.15, -0.1) is 0 Å². The number of aromatic nitrogens is 2. The van der Waals surface area contributed by atoms with Crippen LogP contribution in [0, 0.1) is 5.82 Å². The van der Waals surface area contributed by atoms with E-state index in [-0.39, 0.29) is 11.9 Å². The molecule has 3 aromatic rings. The Morgan fingerprint density at radius 1 is 0.959 bits per heavy atom. The summed E-state index contributed by atoms with van der Waals surface area (Å²) < 4.78 is 20.0. The third-order valence-electron chi connectivity index (χ3n) is 10.3. The van der Waals surface area contributed by atoms with E-state index in [1.807, 2.05) is 12.1 Å². The van der Waals surface area contributed by atoms with Crippen molar-refractivity contribution in [2.24, 2.45) is 0 Å². The van der Waals surface area contributed by atoms with Gasteiger partial charge in [-0.2, -0.15) is 0 Å². The van der Waals surface area contributed by atoms with Gasteiger partial charge in [-0.1, -0.05) is 24.6 Å². The van der Waals surface area contributed by atoms with Crippen molar-refractivity contribution in [3.05, 3.63) is 71.8 Å². The number of rotatable bonds is 10. The minimum Gasteiger partial charge on any atom is -0.494 e. The van der Waals surface area contributed by atoms with E-state index in [1.54, 1.807) is 24.3 Å². The lowest BCUT2D eigenvalue weighted by atomic mass is 9.91. The number of carbonyl (C=O) groups is 1. The highest BCUT2D eigenvalue weighted by atomic mass is 35.5. The van der Waals surface area contributed by atoms with Gasteiger partial charge in [0.2, 0.25) is 5.91 Å². The Balaban J connectivity index is 1.07. The van der Waals surface area contributed by atoms with Crippen molar-refractivity contribution >= 4 is 46.2 Å². The molecule has 0 spiro atoms. The van der Waals surface area contributed by atoms with Gasteiger partial charge in [0.15, 0.2) is 5.82 Å². The van der Waals surface area contributed by atoms with E-state index < -0.39 is 5.82 Å². The molecule has 1 amide bonds. The number of methoxy groups -OCH3 is 1. The predicted octanol–water partition coefficient (Wildman–Crippen LogP) is 6.17. The van der Waals surface area contributed by atoms with Gasteiger partial charge >= 0.3 is 0 Å². The van der Waals surface area contributed by atoms with E-state index in [0.29, 0.717) is 58.4 Å². The Morgan fingerprint density at radius 2 is 1.69 bits per heavy atom. The molecule has 2 aromatic carbocycles. The number of piperidine rings is 1. The van der Waals surface area contributed by atoms with Crippen LogP contribution in [0.5, 0.6) is 5.75 Å². The number of nitrogens with zero attached hydrogens (tertiary/aromatic N) is 6. The molecule has 2 N–H and O–H groups in total. The van der Waals surface area contributed by atoms with Crippen molar-refractivity contribution < 1.29 is 18.8 Å². The van der Waals surface area contributed by atoms with Crippen LogP contribution in [0.1, 0.15) is 50.1 Å². The van der Waals surface area contributed by atoms with E-state index >= 15 is 0 Å². The average Bonchev–Trinajstić information content (AvgIpc) is 3.58. The van der Waals surface area contributed by atoms with Crippen LogP contribution in [0.3, 0.4) is 0 Å². The second-order valence-electron chi connectivity index (χ2n) is 13.2. The summed E-state index contributed by atoms with van der Waals surface area (Å²) in [5.41, 5.74) is 2.87. The summed E-state index contributed by atoms with van der Waals surface area (Å²) in [6.45, 7) is 10.5. The molecule has 4 fully saturated rings. The first-order valence-electron chi connectivity index (χ1n) is 17.2. The highest BCUT2D eigenvalue weighted by Gasteiger charge is 2.33. The molecule has 4 aliphatic rings. The van der Waals surface area contributed by atoms with Crippen molar-refractivity contribution in [3.8, 4) is 5.75 Å². The van der Waals surface area contributed by atoms with E-state index in [9.17, 15) is 9.18 Å². The maximum absolute atomic E-state index is 14.2. The normalized spacial score (nSPS) is 21.0. The van der Waals surface area contributed by atoms with Crippen molar-refractivity contribution in [1.29, 1.82) is 0 Å². The zero-order valence-corrected chi connectivity index (χ0v) is 28.7. The molecule has 4 heterocycles. The maximum atomic E-state index is 14.2. The quantitative estimate of drug-likeness (QED) is 0.241. The zero-order valence-electron chi connectivity index (χ0n) is 27.9. The van der Waals surface area contributed by atoms with E-state index in [4.69, 9.17) is 21.2 Å². The first-order valence-corrected chi connectivity index (χ1v) is 17.6. The molecule has 1 atom stereocenters. The fourth-order valence-electron chi connectivity index (χ4n) is 7.51. The average molecular weight is 691 g/mol. The molecular weight excluding hydrogens is 647 g/mol. The van der Waals surface area contributed by atoms with Crippen LogP contribution in [0.25, 0.3) is 0 Å². The highest BCUT2D eigenvalue weighted by Crippen LogP contribution is 2.41. The Bertz CT molecular complexity index is 1640. The maximum Gasteiger partial charge on any atom is 0.247 e. The van der Waals surface area contributed by atoms with Crippen LogP contribution in [0.4, 0.5) is 33.1 Å². The molecule has 11 nitrogen and oxygen atoms in total. The second kappa shape index (κ2) is 14.9. The van der Waals surface area contributed by atoms with Crippen LogP contribution in [0.15, 0.2) is 55.4 Å². The predicted molar refractivity (Wildman–Crippen MR) is 190 cm³/mol. The number of anilines is 5. The number of piperazine rings is 1. The smallest absolute Gasteiger partial charge is 0.247 e. The summed E-state index contributed by atoms with van der Waals surface area (Å²) in [5, 5.41) is 8.34. The third-order valence-corrected chi connectivity index (χ3v) is 10.6.